The van der Waals surface area contributed by atoms with E-state index in [1.54, 1.807) is 0 Å². The third kappa shape index (κ3) is 3.26. The third-order valence-electron chi connectivity index (χ3n) is 7.79. The second-order valence-electron chi connectivity index (χ2n) is 11.9. The van der Waals surface area contributed by atoms with Crippen LogP contribution in [0, 0.1) is 18.8 Å². The first-order chi connectivity index (χ1) is 16.7. The highest BCUT2D eigenvalue weighted by molar-refractivity contribution is 6.17. The van der Waals surface area contributed by atoms with Gasteiger partial charge in [-0.15, -0.1) is 0 Å². The Morgan fingerprint density at radius 2 is 1.49 bits per heavy atom. The minimum atomic E-state index is -0.224. The number of rotatable bonds is 4. The van der Waals surface area contributed by atoms with Crippen LogP contribution in [0.3, 0.4) is 0 Å². The zero-order valence-corrected chi connectivity index (χ0v) is 22.0. The monoisotopic (exact) mass is 461 g/mol. The highest BCUT2D eigenvalue weighted by Crippen LogP contribution is 2.52. The number of furan rings is 1. The van der Waals surface area contributed by atoms with Crippen molar-refractivity contribution in [2.45, 2.75) is 66.7 Å². The summed E-state index contributed by atoms with van der Waals surface area (Å²) in [5.74, 6) is 1.13. The Balaban J connectivity index is 1.83. The maximum Gasteiger partial charge on any atom is 0.139 e. The number of fused-ring (bicyclic) bond motifs is 4. The lowest BCUT2D eigenvalue weighted by Crippen LogP contribution is -2.21. The molecule has 0 radical (unpaired) electrons. The van der Waals surface area contributed by atoms with Crippen molar-refractivity contribution in [2.24, 2.45) is 11.8 Å². The Bertz CT molecular complexity index is 1630. The van der Waals surface area contributed by atoms with Gasteiger partial charge in [0.05, 0.1) is 5.69 Å². The van der Waals surface area contributed by atoms with Crippen LogP contribution in [0.1, 0.15) is 69.4 Å². The minimum Gasteiger partial charge on any atom is -0.455 e. The highest BCUT2D eigenvalue weighted by Gasteiger charge is 2.37. The Kier molecular flexibility index (Phi) is 4.90. The highest BCUT2D eigenvalue weighted by atomic mass is 16.3. The van der Waals surface area contributed by atoms with Gasteiger partial charge in [0.25, 0.3) is 0 Å². The third-order valence-corrected chi connectivity index (χ3v) is 7.79. The van der Waals surface area contributed by atoms with Crippen molar-refractivity contribution < 1.29 is 4.42 Å². The van der Waals surface area contributed by atoms with Crippen molar-refractivity contribution in [1.29, 1.82) is 0 Å². The minimum absolute atomic E-state index is 0.224. The van der Waals surface area contributed by atoms with E-state index in [2.05, 4.69) is 97.1 Å². The van der Waals surface area contributed by atoms with E-state index >= 15 is 0 Å². The second-order valence-corrected chi connectivity index (χ2v) is 11.9. The lowest BCUT2D eigenvalue weighted by atomic mass is 9.74. The van der Waals surface area contributed by atoms with E-state index in [4.69, 9.17) is 9.40 Å². The molecule has 2 heterocycles. The molecule has 0 unspecified atom stereocenters. The first-order valence-electron chi connectivity index (χ1n) is 13.1. The standard InChI is InChI=1S/C33H35NO/c1-18(2)14-21-10-12-24-27-28-26(13-11-22(15-19(3)4)32(28)35-31(21)27)33(6,7)29-25-16-20(5)8-9-23(25)17-34-30(24)29/h8-13,16-19H,14-15H2,1-7H3. The summed E-state index contributed by atoms with van der Waals surface area (Å²) in [4.78, 5) is 5.13. The van der Waals surface area contributed by atoms with Gasteiger partial charge < -0.3 is 4.42 Å². The molecule has 6 rings (SSSR count). The fourth-order valence-corrected chi connectivity index (χ4v) is 6.30. The number of aromatic nitrogens is 1. The van der Waals surface area contributed by atoms with E-state index in [0.717, 1.165) is 29.7 Å². The number of nitrogens with zero attached hydrogens (tertiary/aromatic N) is 1. The molecule has 1 aliphatic carbocycles. The number of hydrogen-bond acceptors (Lipinski definition) is 2. The molecule has 0 fully saturated rings. The van der Waals surface area contributed by atoms with Crippen molar-refractivity contribution in [1.82, 2.24) is 4.98 Å². The van der Waals surface area contributed by atoms with Gasteiger partial charge in [-0.3, -0.25) is 4.98 Å². The van der Waals surface area contributed by atoms with Gasteiger partial charge >= 0.3 is 0 Å². The molecule has 2 heteroatoms. The fraction of sp³-hybridized carbons (Fsp3) is 0.364. The van der Waals surface area contributed by atoms with E-state index in [1.165, 1.54) is 54.9 Å². The zero-order chi connectivity index (χ0) is 24.6. The van der Waals surface area contributed by atoms with E-state index in [1.807, 2.05) is 0 Å². The first-order valence-corrected chi connectivity index (χ1v) is 13.1. The fourth-order valence-electron chi connectivity index (χ4n) is 6.30. The molecule has 0 amide bonds. The molecule has 35 heavy (non-hydrogen) atoms. The molecule has 2 nitrogen and oxygen atoms in total. The van der Waals surface area contributed by atoms with E-state index < -0.39 is 0 Å². The predicted octanol–water partition coefficient (Wildman–Crippen LogP) is 9.15. The number of aryl methyl sites for hydroxylation is 1. The quantitative estimate of drug-likeness (QED) is 0.267. The molecule has 0 spiro atoms. The molecule has 3 aromatic carbocycles. The number of benzene rings is 3. The Morgan fingerprint density at radius 3 is 2.17 bits per heavy atom. The summed E-state index contributed by atoms with van der Waals surface area (Å²) in [5, 5.41) is 5.06. The molecule has 0 saturated heterocycles. The van der Waals surface area contributed by atoms with Gasteiger partial charge in [0.15, 0.2) is 0 Å². The van der Waals surface area contributed by atoms with Crippen LogP contribution in [0.5, 0.6) is 0 Å². The average molecular weight is 462 g/mol. The summed E-state index contributed by atoms with van der Waals surface area (Å²) in [6.07, 6.45) is 4.07. The summed E-state index contributed by atoms with van der Waals surface area (Å²) in [7, 11) is 0. The SMILES string of the molecule is Cc1ccc2cnc3c(c2c1)C(C)(C)c1ccc(CC(C)C)c2oc4c(CC(C)C)ccc-3c4c12. The summed E-state index contributed by atoms with van der Waals surface area (Å²) in [6.45, 7) is 16.1. The van der Waals surface area contributed by atoms with Crippen LogP contribution in [0.4, 0.5) is 0 Å². The van der Waals surface area contributed by atoms with E-state index in [9.17, 15) is 0 Å². The lowest BCUT2D eigenvalue weighted by Gasteiger charge is -2.29. The average Bonchev–Trinajstić information content (AvgIpc) is 3.16. The van der Waals surface area contributed by atoms with Crippen LogP contribution in [0.15, 0.2) is 53.1 Å². The molecular formula is C33H35NO. The molecule has 1 aliphatic rings. The van der Waals surface area contributed by atoms with Gasteiger partial charge in [0.2, 0.25) is 0 Å². The van der Waals surface area contributed by atoms with Gasteiger partial charge in [-0.25, -0.2) is 0 Å². The molecule has 5 aromatic rings. The molecule has 2 aromatic heterocycles. The maximum absolute atomic E-state index is 6.86. The molecule has 0 N–H and O–H groups in total. The van der Waals surface area contributed by atoms with Gasteiger partial charge in [0, 0.05) is 33.3 Å². The van der Waals surface area contributed by atoms with Gasteiger partial charge in [-0.05, 0) is 59.2 Å². The largest absolute Gasteiger partial charge is 0.455 e. The Hall–Kier alpha value is -3.13. The van der Waals surface area contributed by atoms with Crippen molar-refractivity contribution in [2.75, 3.05) is 0 Å². The Labute approximate surface area is 208 Å². The van der Waals surface area contributed by atoms with Crippen LogP contribution in [0.2, 0.25) is 0 Å². The molecule has 0 atom stereocenters. The van der Waals surface area contributed by atoms with Crippen molar-refractivity contribution in [3.8, 4) is 11.3 Å². The topological polar surface area (TPSA) is 26.0 Å². The zero-order valence-electron chi connectivity index (χ0n) is 22.0. The lowest BCUT2D eigenvalue weighted by molar-refractivity contribution is 0.607. The molecule has 178 valence electrons. The van der Waals surface area contributed by atoms with Crippen LogP contribution in [-0.2, 0) is 18.3 Å². The van der Waals surface area contributed by atoms with Crippen LogP contribution in [-0.4, -0.2) is 4.98 Å². The summed E-state index contributed by atoms with van der Waals surface area (Å²) < 4.78 is 6.86. The molecule has 0 aliphatic heterocycles. The van der Waals surface area contributed by atoms with Gasteiger partial charge in [-0.2, -0.15) is 0 Å². The Morgan fingerprint density at radius 1 is 0.829 bits per heavy atom. The van der Waals surface area contributed by atoms with Crippen LogP contribution < -0.4 is 0 Å². The van der Waals surface area contributed by atoms with Gasteiger partial charge in [0.1, 0.15) is 11.2 Å². The first kappa shape index (κ1) is 22.3. The summed E-state index contributed by atoms with van der Waals surface area (Å²) in [6, 6.07) is 16.0. The summed E-state index contributed by atoms with van der Waals surface area (Å²) in [5.41, 5.74) is 10.8. The summed E-state index contributed by atoms with van der Waals surface area (Å²) >= 11 is 0. The smallest absolute Gasteiger partial charge is 0.139 e. The van der Waals surface area contributed by atoms with Gasteiger partial charge in [-0.1, -0.05) is 89.6 Å². The number of pyridine rings is 1. The normalized spacial score (nSPS) is 14.5. The maximum atomic E-state index is 6.86. The molecular weight excluding hydrogens is 426 g/mol. The second kappa shape index (κ2) is 7.68. The van der Waals surface area contributed by atoms with Crippen molar-refractivity contribution in [3.63, 3.8) is 0 Å². The predicted molar refractivity (Wildman–Crippen MR) is 148 cm³/mol. The van der Waals surface area contributed by atoms with Crippen molar-refractivity contribution in [3.05, 3.63) is 76.5 Å². The van der Waals surface area contributed by atoms with Crippen LogP contribution >= 0.6 is 0 Å². The van der Waals surface area contributed by atoms with E-state index in [0.29, 0.717) is 11.8 Å². The van der Waals surface area contributed by atoms with Crippen molar-refractivity contribution >= 4 is 32.7 Å². The van der Waals surface area contributed by atoms with E-state index in [-0.39, 0.29) is 5.41 Å². The molecule has 0 saturated carbocycles. The number of hydrogen-bond donors (Lipinski definition) is 0. The van der Waals surface area contributed by atoms with Crippen LogP contribution in [0.25, 0.3) is 44.0 Å². The molecule has 0 bridgehead atoms.